The molecule has 10 nitrogen and oxygen atoms in total. The van der Waals surface area contributed by atoms with Gasteiger partial charge in [-0.2, -0.15) is 16.7 Å². The molecule has 0 saturated carbocycles. The van der Waals surface area contributed by atoms with Crippen molar-refractivity contribution in [1.29, 1.82) is 0 Å². The summed E-state index contributed by atoms with van der Waals surface area (Å²) in [6, 6.07) is 9.80. The summed E-state index contributed by atoms with van der Waals surface area (Å²) in [6.07, 6.45) is 0.817. The minimum atomic E-state index is -4.16. The Morgan fingerprint density at radius 2 is 1.81 bits per heavy atom. The van der Waals surface area contributed by atoms with E-state index in [1.807, 2.05) is 6.92 Å². The van der Waals surface area contributed by atoms with Crippen molar-refractivity contribution in [1.82, 2.24) is 17.4 Å². The zero-order valence-electron chi connectivity index (χ0n) is 17.5. The average Bonchev–Trinajstić information content (AvgIpc) is 3.17. The molecule has 0 aliphatic rings. The first kappa shape index (κ1) is 20.9. The molecule has 2 aromatic heterocycles. The van der Waals surface area contributed by atoms with Crippen LogP contribution in [0.2, 0.25) is 0 Å². The quantitative estimate of drug-likeness (QED) is 0.446. The molecule has 0 fully saturated rings. The Morgan fingerprint density at radius 3 is 2.48 bits per heavy atom. The number of imidazole rings is 1. The van der Waals surface area contributed by atoms with Crippen molar-refractivity contribution < 1.29 is 17.6 Å². The van der Waals surface area contributed by atoms with Crippen LogP contribution in [0.15, 0.2) is 50.4 Å². The first-order valence-electron chi connectivity index (χ1n) is 9.60. The van der Waals surface area contributed by atoms with Crippen molar-refractivity contribution in [2.75, 3.05) is 20.7 Å². The molecular weight excluding hydrogens is 424 g/mol. The Morgan fingerprint density at radius 1 is 1.06 bits per heavy atom. The summed E-state index contributed by atoms with van der Waals surface area (Å²) < 4.78 is 41.1. The van der Waals surface area contributed by atoms with Gasteiger partial charge in [-0.05, 0) is 24.6 Å². The second-order valence-electron chi connectivity index (χ2n) is 7.25. The topological polar surface area (TPSA) is 109 Å². The van der Waals surface area contributed by atoms with E-state index in [1.54, 1.807) is 30.3 Å². The predicted octanol–water partition coefficient (Wildman–Crippen LogP) is 1.68. The largest absolute Gasteiger partial charge is 0.494 e. The Bertz CT molecular complexity index is 1520. The molecule has 11 heteroatoms. The molecule has 2 aromatic carbocycles. The van der Waals surface area contributed by atoms with E-state index in [2.05, 4.69) is 0 Å². The van der Waals surface area contributed by atoms with Gasteiger partial charge in [0.2, 0.25) is 0 Å². The highest BCUT2D eigenvalue weighted by molar-refractivity contribution is 7.87. The maximum atomic E-state index is 13.4. The lowest BCUT2D eigenvalue weighted by Gasteiger charge is -2.11. The standard InChI is InChI=1S/C20H22N4O6S/c1-5-9-29-14-8-6-7-13(10-14)23-15-11-17-18(30-20(26)22(17)4)12-16(15)24(19(23)25)31(27,28)21(2)3/h6-8,10-12H,5,9H2,1-4H3. The number of ether oxygens (including phenoxy) is 1. The van der Waals surface area contributed by atoms with E-state index < -0.39 is 21.7 Å². The number of nitrogens with zero attached hydrogens (tertiary/aromatic N) is 4. The molecule has 0 saturated heterocycles. The summed E-state index contributed by atoms with van der Waals surface area (Å²) in [5, 5.41) is 0. The zero-order chi connectivity index (χ0) is 22.5. The van der Waals surface area contributed by atoms with Gasteiger partial charge >= 0.3 is 21.7 Å². The molecule has 0 aliphatic heterocycles. The fourth-order valence-electron chi connectivity index (χ4n) is 3.36. The van der Waals surface area contributed by atoms with E-state index >= 15 is 0 Å². The van der Waals surface area contributed by atoms with Crippen LogP contribution in [-0.4, -0.2) is 46.5 Å². The molecule has 0 radical (unpaired) electrons. The van der Waals surface area contributed by atoms with Crippen LogP contribution in [0.4, 0.5) is 0 Å². The number of hydrogen-bond donors (Lipinski definition) is 0. The molecule has 0 unspecified atom stereocenters. The molecule has 0 spiro atoms. The first-order chi connectivity index (χ1) is 14.7. The van der Waals surface area contributed by atoms with Crippen molar-refractivity contribution >= 4 is 32.3 Å². The summed E-state index contributed by atoms with van der Waals surface area (Å²) in [5.74, 6) is -0.0343. The van der Waals surface area contributed by atoms with Crippen LogP contribution < -0.4 is 16.2 Å². The molecule has 164 valence electrons. The van der Waals surface area contributed by atoms with Crippen LogP contribution in [-0.2, 0) is 17.3 Å². The van der Waals surface area contributed by atoms with Crippen LogP contribution >= 0.6 is 0 Å². The number of oxazole rings is 1. The highest BCUT2D eigenvalue weighted by Gasteiger charge is 2.27. The van der Waals surface area contributed by atoms with Gasteiger partial charge in [0.15, 0.2) is 5.58 Å². The number of fused-ring (bicyclic) bond motifs is 2. The normalized spacial score (nSPS) is 12.3. The SMILES string of the molecule is CCCOc1cccc(-n2c(=O)n(S(=O)(=O)N(C)C)c3cc4oc(=O)n(C)c4cc32)c1. The van der Waals surface area contributed by atoms with Gasteiger partial charge in [0.1, 0.15) is 5.75 Å². The summed E-state index contributed by atoms with van der Waals surface area (Å²) in [7, 11) is 0.0554. The van der Waals surface area contributed by atoms with Gasteiger partial charge in [-0.3, -0.25) is 9.13 Å². The fraction of sp³-hybridized carbons (Fsp3) is 0.300. The summed E-state index contributed by atoms with van der Waals surface area (Å²) in [4.78, 5) is 25.4. The summed E-state index contributed by atoms with van der Waals surface area (Å²) in [6.45, 7) is 2.49. The van der Waals surface area contributed by atoms with Crippen molar-refractivity contribution in [3.8, 4) is 11.4 Å². The third-order valence-electron chi connectivity index (χ3n) is 4.95. The van der Waals surface area contributed by atoms with Crippen LogP contribution in [0.1, 0.15) is 13.3 Å². The van der Waals surface area contributed by atoms with Crippen LogP contribution in [0.5, 0.6) is 5.75 Å². The lowest BCUT2D eigenvalue weighted by atomic mass is 10.2. The number of aromatic nitrogens is 3. The second kappa shape index (κ2) is 7.43. The molecule has 0 atom stereocenters. The second-order valence-corrected chi connectivity index (χ2v) is 9.25. The first-order valence-corrected chi connectivity index (χ1v) is 11.0. The van der Waals surface area contributed by atoms with Crippen molar-refractivity contribution in [2.24, 2.45) is 7.05 Å². The van der Waals surface area contributed by atoms with E-state index in [-0.39, 0.29) is 11.1 Å². The number of aryl methyl sites for hydroxylation is 1. The number of hydrogen-bond acceptors (Lipinski definition) is 6. The fourth-order valence-corrected chi connectivity index (χ4v) is 4.36. The van der Waals surface area contributed by atoms with Crippen molar-refractivity contribution in [3.05, 3.63) is 57.4 Å². The minimum Gasteiger partial charge on any atom is -0.494 e. The highest BCUT2D eigenvalue weighted by atomic mass is 32.2. The van der Waals surface area contributed by atoms with Gasteiger partial charge < -0.3 is 9.15 Å². The van der Waals surface area contributed by atoms with Gasteiger partial charge in [0.25, 0.3) is 0 Å². The summed E-state index contributed by atoms with van der Waals surface area (Å²) >= 11 is 0. The molecule has 31 heavy (non-hydrogen) atoms. The molecule has 4 rings (SSSR count). The number of rotatable bonds is 6. The van der Waals surface area contributed by atoms with Gasteiger partial charge in [0, 0.05) is 33.3 Å². The zero-order valence-corrected chi connectivity index (χ0v) is 18.3. The Labute approximate surface area is 177 Å². The Hall–Kier alpha value is -3.31. The molecule has 0 aliphatic carbocycles. The molecule has 0 amide bonds. The molecule has 4 aromatic rings. The van der Waals surface area contributed by atoms with Crippen molar-refractivity contribution in [2.45, 2.75) is 13.3 Å². The van der Waals surface area contributed by atoms with Gasteiger partial charge in [-0.1, -0.05) is 13.0 Å². The third-order valence-corrected chi connectivity index (χ3v) is 6.69. The Balaban J connectivity index is 2.12. The highest BCUT2D eigenvalue weighted by Crippen LogP contribution is 2.26. The van der Waals surface area contributed by atoms with Crippen molar-refractivity contribution in [3.63, 3.8) is 0 Å². The maximum Gasteiger partial charge on any atom is 0.419 e. The lowest BCUT2D eigenvalue weighted by Crippen LogP contribution is -2.36. The maximum absolute atomic E-state index is 13.4. The van der Waals surface area contributed by atoms with E-state index in [0.717, 1.165) is 10.7 Å². The van der Waals surface area contributed by atoms with Crippen LogP contribution in [0, 0.1) is 0 Å². The average molecular weight is 446 g/mol. The van der Waals surface area contributed by atoms with Crippen LogP contribution in [0.3, 0.4) is 0 Å². The summed E-state index contributed by atoms with van der Waals surface area (Å²) in [5.41, 5.74) is 0.689. The molecule has 0 bridgehead atoms. The molecule has 0 N–H and O–H groups in total. The Kier molecular flexibility index (Phi) is 5.02. The van der Waals surface area contributed by atoms with Gasteiger partial charge in [-0.25, -0.2) is 9.59 Å². The smallest absolute Gasteiger partial charge is 0.419 e. The molecular formula is C20H22N4O6S. The van der Waals surface area contributed by atoms with Gasteiger partial charge in [0.05, 0.1) is 28.8 Å². The van der Waals surface area contributed by atoms with E-state index in [9.17, 15) is 18.0 Å². The van der Waals surface area contributed by atoms with E-state index in [1.165, 1.54) is 36.3 Å². The van der Waals surface area contributed by atoms with E-state index in [0.29, 0.717) is 33.0 Å². The third kappa shape index (κ3) is 3.26. The minimum absolute atomic E-state index is 0.0976. The monoisotopic (exact) mass is 446 g/mol. The van der Waals surface area contributed by atoms with Gasteiger partial charge in [-0.15, -0.1) is 0 Å². The number of benzene rings is 2. The van der Waals surface area contributed by atoms with E-state index in [4.69, 9.17) is 9.15 Å². The molecule has 2 heterocycles. The lowest BCUT2D eigenvalue weighted by molar-refractivity contribution is 0.317. The predicted molar refractivity (Wildman–Crippen MR) is 116 cm³/mol. The van der Waals surface area contributed by atoms with Crippen LogP contribution in [0.25, 0.3) is 27.8 Å².